The molecule has 1 unspecified atom stereocenters. The first-order valence-electron chi connectivity index (χ1n) is 10.5. The van der Waals surface area contributed by atoms with Crippen LogP contribution < -0.4 is 11.1 Å². The predicted molar refractivity (Wildman–Crippen MR) is 109 cm³/mol. The van der Waals surface area contributed by atoms with Crippen molar-refractivity contribution in [2.24, 2.45) is 17.1 Å². The minimum atomic E-state index is -0.935. The van der Waals surface area contributed by atoms with Crippen LogP contribution in [0.4, 0.5) is 0 Å². The van der Waals surface area contributed by atoms with Crippen LogP contribution in [0.2, 0.25) is 0 Å². The highest BCUT2D eigenvalue weighted by atomic mass is 16.2. The van der Waals surface area contributed by atoms with Gasteiger partial charge in [-0.3, -0.25) is 34.3 Å². The van der Waals surface area contributed by atoms with Crippen LogP contribution in [0.5, 0.6) is 0 Å². The molecule has 160 valence electrons. The second-order valence-electron chi connectivity index (χ2n) is 9.42. The molecule has 2 saturated heterocycles. The number of hydrogen-bond donors (Lipinski definition) is 2. The quantitative estimate of drug-likeness (QED) is 0.671. The first-order valence-corrected chi connectivity index (χ1v) is 10.5. The Morgan fingerprint density at radius 2 is 1.87 bits per heavy atom. The molecule has 0 aromatic heterocycles. The normalized spacial score (nSPS) is 22.9. The van der Waals surface area contributed by atoms with E-state index >= 15 is 0 Å². The SMILES string of the molecule is CC(C)(CN)CC1CN(Cc2cccc3c2C(=O)N(C2CCC(=O)NC2=O)C3=O)C1. The molecular formula is C22H28N4O4. The summed E-state index contributed by atoms with van der Waals surface area (Å²) in [5, 5.41) is 2.23. The average molecular weight is 412 g/mol. The van der Waals surface area contributed by atoms with Gasteiger partial charge >= 0.3 is 0 Å². The van der Waals surface area contributed by atoms with Crippen molar-refractivity contribution in [2.75, 3.05) is 19.6 Å². The maximum Gasteiger partial charge on any atom is 0.262 e. The first kappa shape index (κ1) is 20.7. The van der Waals surface area contributed by atoms with Crippen LogP contribution in [-0.2, 0) is 16.1 Å². The summed E-state index contributed by atoms with van der Waals surface area (Å²) in [5.41, 5.74) is 7.49. The number of piperidine rings is 1. The third-order valence-corrected chi connectivity index (χ3v) is 6.37. The molecule has 8 heteroatoms. The summed E-state index contributed by atoms with van der Waals surface area (Å²) in [6.07, 6.45) is 1.34. The molecule has 30 heavy (non-hydrogen) atoms. The maximum atomic E-state index is 13.1. The standard InChI is InChI=1S/C22H28N4O4/c1-22(2,12-23)8-13-9-25(10-13)11-14-4-3-5-15-18(14)21(30)26(20(15)29)16-6-7-17(27)24-19(16)28/h3-5,13,16H,6-12,23H2,1-2H3,(H,24,27,28). The zero-order valence-corrected chi connectivity index (χ0v) is 17.4. The summed E-state index contributed by atoms with van der Waals surface area (Å²) >= 11 is 0. The molecule has 0 saturated carbocycles. The Kier molecular flexibility index (Phi) is 5.23. The van der Waals surface area contributed by atoms with Gasteiger partial charge in [-0.15, -0.1) is 0 Å². The predicted octanol–water partition coefficient (Wildman–Crippen LogP) is 0.895. The number of benzene rings is 1. The van der Waals surface area contributed by atoms with Gasteiger partial charge in [-0.25, -0.2) is 0 Å². The van der Waals surface area contributed by atoms with Gasteiger partial charge in [0.2, 0.25) is 11.8 Å². The van der Waals surface area contributed by atoms with E-state index in [1.165, 1.54) is 0 Å². The molecule has 1 aromatic rings. The molecule has 3 aliphatic heterocycles. The fraction of sp³-hybridized carbons (Fsp3) is 0.545. The van der Waals surface area contributed by atoms with E-state index in [4.69, 9.17) is 5.73 Å². The molecule has 2 fully saturated rings. The van der Waals surface area contributed by atoms with Crippen LogP contribution in [0.3, 0.4) is 0 Å². The minimum absolute atomic E-state index is 0.116. The van der Waals surface area contributed by atoms with Gasteiger partial charge in [0.25, 0.3) is 11.8 Å². The zero-order chi connectivity index (χ0) is 21.6. The lowest BCUT2D eigenvalue weighted by Gasteiger charge is -2.43. The number of nitrogens with one attached hydrogen (secondary N) is 1. The van der Waals surface area contributed by atoms with E-state index in [0.717, 1.165) is 30.0 Å². The Bertz CT molecular complexity index is 920. The van der Waals surface area contributed by atoms with Crippen molar-refractivity contribution in [3.05, 3.63) is 34.9 Å². The molecule has 0 spiro atoms. The lowest BCUT2D eigenvalue weighted by Crippen LogP contribution is -2.54. The molecule has 4 rings (SSSR count). The smallest absolute Gasteiger partial charge is 0.262 e. The molecule has 8 nitrogen and oxygen atoms in total. The van der Waals surface area contributed by atoms with E-state index in [1.807, 2.05) is 6.07 Å². The summed E-state index contributed by atoms with van der Waals surface area (Å²) in [7, 11) is 0. The number of imide groups is 2. The Labute approximate surface area is 175 Å². The van der Waals surface area contributed by atoms with Gasteiger partial charge in [0.15, 0.2) is 0 Å². The van der Waals surface area contributed by atoms with E-state index in [9.17, 15) is 19.2 Å². The highest BCUT2D eigenvalue weighted by Gasteiger charge is 2.45. The van der Waals surface area contributed by atoms with Crippen molar-refractivity contribution in [3.63, 3.8) is 0 Å². The van der Waals surface area contributed by atoms with Crippen LogP contribution in [0, 0.1) is 11.3 Å². The van der Waals surface area contributed by atoms with Crippen molar-refractivity contribution in [1.82, 2.24) is 15.1 Å². The van der Waals surface area contributed by atoms with Crippen LogP contribution in [0.1, 0.15) is 59.4 Å². The minimum Gasteiger partial charge on any atom is -0.330 e. The number of carbonyl (C=O) groups excluding carboxylic acids is 4. The number of fused-ring (bicyclic) bond motifs is 1. The van der Waals surface area contributed by atoms with E-state index in [0.29, 0.717) is 30.1 Å². The van der Waals surface area contributed by atoms with E-state index in [-0.39, 0.29) is 24.2 Å². The molecule has 1 atom stereocenters. The zero-order valence-electron chi connectivity index (χ0n) is 17.4. The third-order valence-electron chi connectivity index (χ3n) is 6.37. The Balaban J connectivity index is 1.48. The highest BCUT2D eigenvalue weighted by Crippen LogP contribution is 2.34. The van der Waals surface area contributed by atoms with Crippen molar-refractivity contribution in [3.8, 4) is 0 Å². The van der Waals surface area contributed by atoms with Crippen molar-refractivity contribution >= 4 is 23.6 Å². The molecule has 1 aromatic carbocycles. The average Bonchev–Trinajstić information content (AvgIpc) is 2.92. The van der Waals surface area contributed by atoms with E-state index in [2.05, 4.69) is 24.1 Å². The number of nitrogens with two attached hydrogens (primary N) is 1. The molecule has 4 amide bonds. The summed E-state index contributed by atoms with van der Waals surface area (Å²) in [5.74, 6) is -1.29. The largest absolute Gasteiger partial charge is 0.330 e. The van der Waals surface area contributed by atoms with Crippen molar-refractivity contribution in [1.29, 1.82) is 0 Å². The fourth-order valence-corrected chi connectivity index (χ4v) is 4.76. The van der Waals surface area contributed by atoms with Crippen molar-refractivity contribution in [2.45, 2.75) is 45.7 Å². The summed E-state index contributed by atoms with van der Waals surface area (Å²) in [6.45, 7) is 7.47. The maximum absolute atomic E-state index is 13.1. The second kappa shape index (κ2) is 7.59. The van der Waals surface area contributed by atoms with Crippen molar-refractivity contribution < 1.29 is 19.2 Å². The lowest BCUT2D eigenvalue weighted by atomic mass is 9.79. The summed E-state index contributed by atoms with van der Waals surface area (Å²) in [4.78, 5) is 53.0. The monoisotopic (exact) mass is 412 g/mol. The van der Waals surface area contributed by atoms with Gasteiger partial charge < -0.3 is 5.73 Å². The topological polar surface area (TPSA) is 113 Å². The Morgan fingerprint density at radius 3 is 2.53 bits per heavy atom. The van der Waals surface area contributed by atoms with Crippen LogP contribution >= 0.6 is 0 Å². The summed E-state index contributed by atoms with van der Waals surface area (Å²) < 4.78 is 0. The Hall–Kier alpha value is -2.58. The highest BCUT2D eigenvalue weighted by molar-refractivity contribution is 6.24. The van der Waals surface area contributed by atoms with Gasteiger partial charge in [0, 0.05) is 26.1 Å². The molecular weight excluding hydrogens is 384 g/mol. The van der Waals surface area contributed by atoms with Gasteiger partial charge in [-0.05, 0) is 42.3 Å². The summed E-state index contributed by atoms with van der Waals surface area (Å²) in [6, 6.07) is 4.35. The van der Waals surface area contributed by atoms with Gasteiger partial charge in [-0.1, -0.05) is 26.0 Å². The molecule has 3 N–H and O–H groups in total. The van der Waals surface area contributed by atoms with Crippen LogP contribution in [0.15, 0.2) is 18.2 Å². The molecule has 3 heterocycles. The Morgan fingerprint density at radius 1 is 1.13 bits per heavy atom. The molecule has 0 radical (unpaired) electrons. The van der Waals surface area contributed by atoms with E-state index < -0.39 is 23.8 Å². The lowest BCUT2D eigenvalue weighted by molar-refractivity contribution is -0.136. The second-order valence-corrected chi connectivity index (χ2v) is 9.42. The molecule has 0 aliphatic carbocycles. The molecule has 0 bridgehead atoms. The van der Waals surface area contributed by atoms with Gasteiger partial charge in [-0.2, -0.15) is 0 Å². The number of amides is 4. The fourth-order valence-electron chi connectivity index (χ4n) is 4.76. The number of carbonyl (C=O) groups is 4. The number of nitrogens with zero attached hydrogens (tertiary/aromatic N) is 2. The molecule has 3 aliphatic rings. The van der Waals surface area contributed by atoms with Gasteiger partial charge in [0.05, 0.1) is 11.1 Å². The third kappa shape index (κ3) is 3.65. The van der Waals surface area contributed by atoms with Crippen LogP contribution in [-0.4, -0.2) is 59.1 Å². The number of likely N-dealkylation sites (tertiary alicyclic amines) is 1. The van der Waals surface area contributed by atoms with E-state index in [1.54, 1.807) is 12.1 Å². The van der Waals surface area contributed by atoms with Crippen LogP contribution in [0.25, 0.3) is 0 Å². The number of rotatable bonds is 6. The van der Waals surface area contributed by atoms with Gasteiger partial charge in [0.1, 0.15) is 6.04 Å². The number of hydrogen-bond acceptors (Lipinski definition) is 6. The first-order chi connectivity index (χ1) is 14.2.